The van der Waals surface area contributed by atoms with Gasteiger partial charge in [0.1, 0.15) is 0 Å². The summed E-state index contributed by atoms with van der Waals surface area (Å²) in [5.41, 5.74) is -0.475. The highest BCUT2D eigenvalue weighted by Gasteiger charge is 2.32. The Labute approximate surface area is 107 Å². The molecule has 0 heterocycles. The topological polar surface area (TPSA) is 20.2 Å². The average molecular weight is 254 g/mol. The van der Waals surface area contributed by atoms with Crippen LogP contribution in [0, 0.1) is 17.6 Å². The molecule has 1 saturated carbocycles. The molecule has 0 spiro atoms. The summed E-state index contributed by atoms with van der Waals surface area (Å²) in [6.07, 6.45) is 5.39. The minimum absolute atomic E-state index is 0.512. The van der Waals surface area contributed by atoms with E-state index in [0.29, 0.717) is 24.3 Å². The van der Waals surface area contributed by atoms with E-state index in [1.54, 1.807) is 0 Å². The highest BCUT2D eigenvalue weighted by atomic mass is 19.2. The van der Waals surface area contributed by atoms with E-state index in [2.05, 4.69) is 6.92 Å². The normalized spacial score (nSPS) is 29.0. The van der Waals surface area contributed by atoms with Crippen molar-refractivity contribution >= 4 is 0 Å². The first-order chi connectivity index (χ1) is 8.55. The lowest BCUT2D eigenvalue weighted by molar-refractivity contribution is 0.0192. The maximum atomic E-state index is 13.3. The first-order valence-electron chi connectivity index (χ1n) is 6.73. The monoisotopic (exact) mass is 254 g/mol. The fourth-order valence-electron chi connectivity index (χ4n) is 2.88. The zero-order chi connectivity index (χ0) is 13.2. The van der Waals surface area contributed by atoms with Crippen molar-refractivity contribution in [1.29, 1.82) is 0 Å². The smallest absolute Gasteiger partial charge is 0.159 e. The minimum Gasteiger partial charge on any atom is -0.385 e. The van der Waals surface area contributed by atoms with Crippen LogP contribution in [0.5, 0.6) is 0 Å². The van der Waals surface area contributed by atoms with Crippen molar-refractivity contribution in [3.05, 3.63) is 35.4 Å². The summed E-state index contributed by atoms with van der Waals surface area (Å²) in [6, 6.07) is 3.75. The van der Waals surface area contributed by atoms with Crippen molar-refractivity contribution in [1.82, 2.24) is 0 Å². The molecule has 100 valence electrons. The van der Waals surface area contributed by atoms with Gasteiger partial charge in [-0.3, -0.25) is 0 Å². The van der Waals surface area contributed by atoms with Crippen molar-refractivity contribution in [2.24, 2.45) is 5.92 Å². The largest absolute Gasteiger partial charge is 0.385 e. The maximum Gasteiger partial charge on any atom is 0.159 e. The number of rotatable bonds is 2. The van der Waals surface area contributed by atoms with Gasteiger partial charge in [0.2, 0.25) is 0 Å². The predicted octanol–water partition coefficient (Wildman–Crippen LogP) is 4.14. The van der Waals surface area contributed by atoms with Crippen LogP contribution in [0.2, 0.25) is 0 Å². The van der Waals surface area contributed by atoms with Crippen LogP contribution in [-0.2, 0) is 5.60 Å². The average Bonchev–Trinajstić information content (AvgIpc) is 2.55. The van der Waals surface area contributed by atoms with E-state index < -0.39 is 17.2 Å². The van der Waals surface area contributed by atoms with Gasteiger partial charge in [-0.25, -0.2) is 8.78 Å². The summed E-state index contributed by atoms with van der Waals surface area (Å²) in [7, 11) is 0. The molecule has 1 nitrogen and oxygen atoms in total. The summed E-state index contributed by atoms with van der Waals surface area (Å²) in [5, 5.41) is 10.7. The highest BCUT2D eigenvalue weighted by molar-refractivity contribution is 5.24. The van der Waals surface area contributed by atoms with Crippen LogP contribution < -0.4 is 0 Å². The Morgan fingerprint density at radius 1 is 1.22 bits per heavy atom. The summed E-state index contributed by atoms with van der Waals surface area (Å²) in [5.74, 6) is -1.09. The molecule has 0 aliphatic heterocycles. The fourth-order valence-corrected chi connectivity index (χ4v) is 2.88. The van der Waals surface area contributed by atoms with E-state index in [-0.39, 0.29) is 0 Å². The lowest BCUT2D eigenvalue weighted by atomic mass is 9.86. The number of hydrogen-bond donors (Lipinski definition) is 1. The van der Waals surface area contributed by atoms with Crippen molar-refractivity contribution in [3.8, 4) is 0 Å². The Morgan fingerprint density at radius 2 is 2.00 bits per heavy atom. The van der Waals surface area contributed by atoms with Gasteiger partial charge in [0.15, 0.2) is 11.6 Å². The highest BCUT2D eigenvalue weighted by Crippen LogP contribution is 2.38. The van der Waals surface area contributed by atoms with Gasteiger partial charge < -0.3 is 5.11 Å². The molecule has 1 aliphatic rings. The van der Waals surface area contributed by atoms with E-state index in [1.165, 1.54) is 6.07 Å². The molecule has 0 amide bonds. The Bertz CT molecular complexity index is 419. The van der Waals surface area contributed by atoms with E-state index in [9.17, 15) is 13.9 Å². The Morgan fingerprint density at radius 3 is 2.67 bits per heavy atom. The van der Waals surface area contributed by atoms with Crippen LogP contribution >= 0.6 is 0 Å². The third-order valence-electron chi connectivity index (χ3n) is 4.20. The van der Waals surface area contributed by atoms with Gasteiger partial charge in [-0.2, -0.15) is 0 Å². The minimum atomic E-state index is -0.988. The molecule has 0 aromatic heterocycles. The number of aliphatic hydroxyl groups is 1. The summed E-state index contributed by atoms with van der Waals surface area (Å²) in [4.78, 5) is 0. The number of benzene rings is 1. The standard InChI is InChI=1S/C15H20F2O/c1-2-11-4-3-8-15(18,9-7-11)12-5-6-13(16)14(17)10-12/h5-6,10-11,18H,2-4,7-9H2,1H3. The quantitative estimate of drug-likeness (QED) is 0.786. The zero-order valence-electron chi connectivity index (χ0n) is 10.8. The fraction of sp³-hybridized carbons (Fsp3) is 0.600. The molecule has 1 aromatic rings. The second-order valence-corrected chi connectivity index (χ2v) is 5.37. The maximum absolute atomic E-state index is 13.3. The third kappa shape index (κ3) is 2.72. The molecule has 2 rings (SSSR count). The van der Waals surface area contributed by atoms with Crippen LogP contribution in [0.4, 0.5) is 8.78 Å². The second kappa shape index (κ2) is 5.35. The molecule has 1 aliphatic carbocycles. The molecule has 1 N–H and O–H groups in total. The molecule has 2 atom stereocenters. The summed E-state index contributed by atoms with van der Waals surface area (Å²) in [6.45, 7) is 2.16. The summed E-state index contributed by atoms with van der Waals surface area (Å²) < 4.78 is 26.2. The van der Waals surface area contributed by atoms with E-state index in [1.807, 2.05) is 0 Å². The SMILES string of the molecule is CCC1CCCC(O)(c2ccc(F)c(F)c2)CC1. The lowest BCUT2D eigenvalue weighted by Gasteiger charge is -2.27. The molecule has 0 bridgehead atoms. The van der Waals surface area contributed by atoms with E-state index in [4.69, 9.17) is 0 Å². The molecule has 3 heteroatoms. The Hall–Kier alpha value is -0.960. The van der Waals surface area contributed by atoms with Crippen molar-refractivity contribution in [2.75, 3.05) is 0 Å². The van der Waals surface area contributed by atoms with Crippen molar-refractivity contribution in [2.45, 2.75) is 51.0 Å². The third-order valence-corrected chi connectivity index (χ3v) is 4.20. The van der Waals surface area contributed by atoms with E-state index >= 15 is 0 Å². The lowest BCUT2D eigenvalue weighted by Crippen LogP contribution is -2.25. The van der Waals surface area contributed by atoms with Crippen LogP contribution in [0.1, 0.15) is 51.0 Å². The van der Waals surface area contributed by atoms with Gasteiger partial charge in [0.25, 0.3) is 0 Å². The van der Waals surface area contributed by atoms with Crippen LogP contribution in [0.3, 0.4) is 0 Å². The van der Waals surface area contributed by atoms with Gasteiger partial charge >= 0.3 is 0 Å². The first-order valence-corrected chi connectivity index (χ1v) is 6.73. The van der Waals surface area contributed by atoms with Crippen LogP contribution in [-0.4, -0.2) is 5.11 Å². The molecule has 1 fully saturated rings. The van der Waals surface area contributed by atoms with Crippen molar-refractivity contribution in [3.63, 3.8) is 0 Å². The van der Waals surface area contributed by atoms with Gasteiger partial charge in [-0.1, -0.05) is 25.8 Å². The molecule has 0 saturated heterocycles. The van der Waals surface area contributed by atoms with E-state index in [0.717, 1.165) is 37.8 Å². The van der Waals surface area contributed by atoms with Gasteiger partial charge in [0.05, 0.1) is 5.60 Å². The Balaban J connectivity index is 2.21. The van der Waals surface area contributed by atoms with Crippen molar-refractivity contribution < 1.29 is 13.9 Å². The molecule has 2 unspecified atom stereocenters. The molecule has 0 radical (unpaired) electrons. The molecular formula is C15H20F2O. The molecule has 1 aromatic carbocycles. The van der Waals surface area contributed by atoms with Crippen LogP contribution in [0.15, 0.2) is 18.2 Å². The summed E-state index contributed by atoms with van der Waals surface area (Å²) >= 11 is 0. The number of hydrogen-bond acceptors (Lipinski definition) is 1. The number of halogens is 2. The zero-order valence-corrected chi connectivity index (χ0v) is 10.8. The first kappa shape index (κ1) is 13.5. The van der Waals surface area contributed by atoms with Gasteiger partial charge in [0, 0.05) is 0 Å². The Kier molecular flexibility index (Phi) is 4.00. The molecular weight excluding hydrogens is 234 g/mol. The molecule has 18 heavy (non-hydrogen) atoms. The van der Waals surface area contributed by atoms with Gasteiger partial charge in [-0.15, -0.1) is 0 Å². The van der Waals surface area contributed by atoms with Gasteiger partial charge in [-0.05, 0) is 49.3 Å². The predicted molar refractivity (Wildman–Crippen MR) is 67.1 cm³/mol. The second-order valence-electron chi connectivity index (χ2n) is 5.37. The van der Waals surface area contributed by atoms with Crippen LogP contribution in [0.25, 0.3) is 0 Å².